The number of fused-ring (bicyclic) bond motifs is 11. The second-order valence-electron chi connectivity index (χ2n) is 25.9. The summed E-state index contributed by atoms with van der Waals surface area (Å²) in [5, 5.41) is 6.64. The van der Waals surface area contributed by atoms with Gasteiger partial charge >= 0.3 is 0 Å². The van der Waals surface area contributed by atoms with E-state index in [2.05, 4.69) is 343 Å². The van der Waals surface area contributed by atoms with Gasteiger partial charge in [-0.15, -0.1) is 0 Å². The number of benzene rings is 13. The Kier molecular flexibility index (Phi) is 12.5. The molecular weight excluding hydrogens is 1080 g/mol. The van der Waals surface area contributed by atoms with Crippen LogP contribution in [0.25, 0.3) is 88.0 Å². The van der Waals surface area contributed by atoms with Crippen LogP contribution in [0.2, 0.25) is 0 Å². The minimum absolute atomic E-state index is 0.149. The van der Waals surface area contributed by atoms with Crippen molar-refractivity contribution in [2.24, 2.45) is 0 Å². The van der Waals surface area contributed by atoms with Crippen molar-refractivity contribution in [3.63, 3.8) is 0 Å². The van der Waals surface area contributed by atoms with Crippen molar-refractivity contribution in [1.29, 1.82) is 0 Å². The molecule has 15 aromatic rings. The van der Waals surface area contributed by atoms with E-state index in [0.717, 1.165) is 111 Å². The van der Waals surface area contributed by atoms with Crippen molar-refractivity contribution in [3.05, 3.63) is 325 Å². The highest BCUT2D eigenvalue weighted by Gasteiger charge is 2.48. The molecule has 0 fully saturated rings. The number of nitrogens with zero attached hydrogens (tertiary/aromatic N) is 2. The Morgan fingerprint density at radius 1 is 0.281 bits per heavy atom. The molecule has 0 saturated carbocycles. The fourth-order valence-corrected chi connectivity index (χ4v) is 14.6. The van der Waals surface area contributed by atoms with Gasteiger partial charge in [-0.1, -0.05) is 290 Å². The van der Waals surface area contributed by atoms with Crippen molar-refractivity contribution in [2.75, 3.05) is 9.80 Å². The first-order valence-electron chi connectivity index (χ1n) is 31.1. The maximum Gasteiger partial charge on any atom is 0.159 e. The molecule has 0 atom stereocenters. The van der Waals surface area contributed by atoms with E-state index in [4.69, 9.17) is 8.83 Å². The second kappa shape index (κ2) is 20.8. The molecule has 4 heteroatoms. The van der Waals surface area contributed by atoms with Crippen LogP contribution in [-0.2, 0) is 16.2 Å². The van der Waals surface area contributed by atoms with Crippen molar-refractivity contribution >= 4 is 88.8 Å². The van der Waals surface area contributed by atoms with Gasteiger partial charge in [-0.2, -0.15) is 0 Å². The van der Waals surface area contributed by atoms with Gasteiger partial charge in [0, 0.05) is 54.9 Å². The van der Waals surface area contributed by atoms with Crippen molar-refractivity contribution in [1.82, 2.24) is 0 Å². The fraction of sp³-hybridized carbons (Fsp3) is 0.106. The van der Waals surface area contributed by atoms with Gasteiger partial charge in [0.05, 0.1) is 33.9 Å². The fourth-order valence-electron chi connectivity index (χ4n) is 14.6. The van der Waals surface area contributed by atoms with Gasteiger partial charge in [0.1, 0.15) is 11.2 Å². The van der Waals surface area contributed by atoms with Crippen LogP contribution in [0, 0.1) is 0 Å². The third kappa shape index (κ3) is 8.49. The van der Waals surface area contributed by atoms with E-state index in [1.54, 1.807) is 0 Å². The van der Waals surface area contributed by atoms with Crippen LogP contribution in [0.4, 0.5) is 34.1 Å². The van der Waals surface area contributed by atoms with Crippen LogP contribution in [0.15, 0.2) is 300 Å². The Morgan fingerprint density at radius 3 is 1.18 bits per heavy atom. The summed E-state index contributed by atoms with van der Waals surface area (Å²) in [5.41, 5.74) is 22.3. The summed E-state index contributed by atoms with van der Waals surface area (Å²) in [7, 11) is 0. The highest BCUT2D eigenvalue weighted by atomic mass is 16.3. The van der Waals surface area contributed by atoms with Gasteiger partial charge in [0.2, 0.25) is 0 Å². The predicted molar refractivity (Wildman–Crippen MR) is 373 cm³/mol. The highest BCUT2D eigenvalue weighted by Crippen LogP contribution is 2.62. The average Bonchev–Trinajstić information content (AvgIpc) is 1.55. The van der Waals surface area contributed by atoms with E-state index >= 15 is 0 Å². The summed E-state index contributed by atoms with van der Waals surface area (Å²) < 4.78 is 14.7. The second-order valence-corrected chi connectivity index (χ2v) is 25.9. The van der Waals surface area contributed by atoms with Crippen LogP contribution in [0.1, 0.15) is 74.9 Å². The van der Waals surface area contributed by atoms with Crippen molar-refractivity contribution in [2.45, 2.75) is 57.8 Å². The third-order valence-electron chi connectivity index (χ3n) is 18.6. The Labute approximate surface area is 520 Å². The Balaban J connectivity index is 1.02. The lowest BCUT2D eigenvalue weighted by atomic mass is 9.67. The molecule has 0 radical (unpaired) electrons. The molecule has 4 nitrogen and oxygen atoms in total. The Bertz CT molecular complexity index is 5180. The third-order valence-corrected chi connectivity index (χ3v) is 18.6. The molecule has 0 amide bonds. The zero-order valence-corrected chi connectivity index (χ0v) is 50.9. The normalized spacial score (nSPS) is 12.9. The van der Waals surface area contributed by atoms with Crippen LogP contribution in [0.3, 0.4) is 0 Å². The van der Waals surface area contributed by atoms with Gasteiger partial charge in [-0.3, -0.25) is 0 Å². The van der Waals surface area contributed by atoms with Gasteiger partial charge < -0.3 is 18.6 Å². The first-order valence-corrected chi connectivity index (χ1v) is 31.1. The molecule has 0 N–H and O–H groups in total. The van der Waals surface area contributed by atoms with Crippen LogP contribution in [0.5, 0.6) is 0 Å². The van der Waals surface area contributed by atoms with E-state index in [-0.39, 0.29) is 10.8 Å². The number of furan rings is 2. The number of para-hydroxylation sites is 6. The summed E-state index contributed by atoms with van der Waals surface area (Å²) in [6.07, 6.45) is 0. The zero-order chi connectivity index (χ0) is 60.2. The first-order chi connectivity index (χ1) is 43.5. The molecular formula is C85H66N2O2. The summed E-state index contributed by atoms with van der Waals surface area (Å²) in [6, 6.07) is 107. The summed E-state index contributed by atoms with van der Waals surface area (Å²) >= 11 is 0. The van der Waals surface area contributed by atoms with E-state index in [1.165, 1.54) is 44.5 Å². The minimum Gasteiger partial charge on any atom is -0.454 e. The quantitative estimate of drug-likeness (QED) is 0.137. The first kappa shape index (κ1) is 53.8. The zero-order valence-electron chi connectivity index (χ0n) is 50.9. The molecule has 2 heterocycles. The van der Waals surface area contributed by atoms with Gasteiger partial charge in [0.15, 0.2) is 11.2 Å². The number of anilines is 6. The molecule has 89 heavy (non-hydrogen) atoms. The monoisotopic (exact) mass is 1150 g/mol. The lowest BCUT2D eigenvalue weighted by molar-refractivity contribution is 0.572. The van der Waals surface area contributed by atoms with E-state index in [9.17, 15) is 0 Å². The molecule has 0 spiro atoms. The van der Waals surface area contributed by atoms with E-state index in [1.807, 2.05) is 0 Å². The number of hydrogen-bond acceptors (Lipinski definition) is 4. The Hall–Kier alpha value is -10.7. The Morgan fingerprint density at radius 2 is 0.674 bits per heavy atom. The molecule has 0 saturated heterocycles. The molecule has 1 aliphatic carbocycles. The molecule has 16 rings (SSSR count). The summed E-state index contributed by atoms with van der Waals surface area (Å²) in [5.74, 6) is 0. The predicted octanol–water partition coefficient (Wildman–Crippen LogP) is 23.9. The van der Waals surface area contributed by atoms with Crippen LogP contribution in [-0.4, -0.2) is 0 Å². The maximum absolute atomic E-state index is 7.40. The largest absolute Gasteiger partial charge is 0.454 e. The summed E-state index contributed by atoms with van der Waals surface area (Å²) in [4.78, 5) is 4.96. The van der Waals surface area contributed by atoms with Crippen molar-refractivity contribution in [3.8, 4) is 33.4 Å². The topological polar surface area (TPSA) is 32.8 Å². The van der Waals surface area contributed by atoms with E-state index in [0.29, 0.717) is 0 Å². The van der Waals surface area contributed by atoms with Gasteiger partial charge in [-0.25, -0.2) is 0 Å². The van der Waals surface area contributed by atoms with E-state index < -0.39 is 5.41 Å². The van der Waals surface area contributed by atoms with Gasteiger partial charge in [0.25, 0.3) is 0 Å². The lowest BCUT2D eigenvalue weighted by Crippen LogP contribution is -2.29. The maximum atomic E-state index is 7.40. The smallest absolute Gasteiger partial charge is 0.159 e. The van der Waals surface area contributed by atoms with Gasteiger partial charge in [-0.05, 0) is 103 Å². The molecule has 1 aliphatic rings. The SMILES string of the molecule is CC(C)(C)c1cccc2c1oc1c(N(c3ccc4c(c3)C(c3ccccc3)(c3ccccc3)c3cc(N(c5ccccc5-c5ccccc5)c5cccc6c5oc5c(C(C)(C)C)cccc56)c5ccccc5c3-4)c3ccccc3-c3ccccc3)cccc12. The summed E-state index contributed by atoms with van der Waals surface area (Å²) in [6.45, 7) is 13.6. The van der Waals surface area contributed by atoms with Crippen LogP contribution >= 0.6 is 0 Å². The van der Waals surface area contributed by atoms with Crippen LogP contribution < -0.4 is 9.80 Å². The molecule has 13 aromatic carbocycles. The van der Waals surface area contributed by atoms with Crippen molar-refractivity contribution < 1.29 is 8.83 Å². The minimum atomic E-state index is -0.850. The standard InChI is InChI=1S/C85H66N2O2/c1-83(2,3)69-45-25-41-64-66-43-27-49-75(81(66)88-79(64)69)86(73-47-23-21-37-60(73)55-29-11-7-12-30-55)59-51-52-68-71(53-59)85(57-33-15-9-16-34-57,58-35-17-10-18-36-58)72-54-77(62-39-19-20-40-63(62)78(68)72)87(74-48-24-22-38-61(74)56-31-13-8-14-32-56)76-50-28-44-67-65-42-26-46-70(84(4,5)6)80(65)89-82(67)76/h7-54H,1-6H3. The number of hydrogen-bond donors (Lipinski definition) is 0. The molecule has 0 bridgehead atoms. The average molecular weight is 1150 g/mol. The molecule has 0 aliphatic heterocycles. The molecule has 0 unspecified atom stereocenters. The lowest BCUT2D eigenvalue weighted by Gasteiger charge is -2.36. The molecule has 2 aromatic heterocycles. The molecule has 428 valence electrons. The number of rotatable bonds is 10. The highest BCUT2D eigenvalue weighted by molar-refractivity contribution is 6.17.